The maximum absolute atomic E-state index is 10.8. The van der Waals surface area contributed by atoms with E-state index >= 15 is 0 Å². The zero-order valence-corrected chi connectivity index (χ0v) is 10.4. The van der Waals surface area contributed by atoms with Crippen molar-refractivity contribution in [2.75, 3.05) is 6.61 Å². The largest absolute Gasteiger partial charge is 0.493 e. The average molecular weight is 263 g/mol. The number of carbonyl (C=O) groups excluding carboxylic acids is 1. The molecule has 1 aliphatic heterocycles. The molecule has 1 aromatic heterocycles. The molecule has 92 valence electrons. The third kappa shape index (κ3) is 1.88. The van der Waals surface area contributed by atoms with Gasteiger partial charge in [-0.15, -0.1) is 0 Å². The minimum Gasteiger partial charge on any atom is -0.493 e. The van der Waals surface area contributed by atoms with Gasteiger partial charge in [0, 0.05) is 29.4 Å². The summed E-state index contributed by atoms with van der Waals surface area (Å²) in [5.41, 5.74) is 2.11. The van der Waals surface area contributed by atoms with E-state index < -0.39 is 0 Å². The summed E-state index contributed by atoms with van der Waals surface area (Å²) in [4.78, 5) is 14.8. The molecule has 0 unspecified atom stereocenters. The highest BCUT2D eigenvalue weighted by Crippen LogP contribution is 2.33. The van der Waals surface area contributed by atoms with Crippen LogP contribution in [0.2, 0.25) is 5.02 Å². The Morgan fingerprint density at radius 1 is 1.50 bits per heavy atom. The van der Waals surface area contributed by atoms with E-state index in [0.717, 1.165) is 29.6 Å². The van der Waals surface area contributed by atoms with Gasteiger partial charge < -0.3 is 9.30 Å². The molecule has 4 nitrogen and oxygen atoms in total. The summed E-state index contributed by atoms with van der Waals surface area (Å²) in [5.74, 6) is 1.30. The van der Waals surface area contributed by atoms with Crippen LogP contribution in [0.15, 0.2) is 24.5 Å². The van der Waals surface area contributed by atoms with Crippen LogP contribution in [0.1, 0.15) is 21.7 Å². The molecule has 5 heteroatoms. The van der Waals surface area contributed by atoms with E-state index in [1.807, 2.05) is 12.1 Å². The highest BCUT2D eigenvalue weighted by atomic mass is 35.5. The van der Waals surface area contributed by atoms with E-state index in [1.54, 1.807) is 17.0 Å². The van der Waals surface area contributed by atoms with Crippen LogP contribution in [0.5, 0.6) is 5.75 Å². The molecule has 0 amide bonds. The molecule has 0 atom stereocenters. The maximum Gasteiger partial charge on any atom is 0.185 e. The molecule has 3 rings (SSSR count). The minimum atomic E-state index is 0.404. The summed E-state index contributed by atoms with van der Waals surface area (Å²) in [6, 6.07) is 3.81. The first-order chi connectivity index (χ1) is 8.78. The van der Waals surface area contributed by atoms with Gasteiger partial charge in [-0.3, -0.25) is 4.79 Å². The molecular weight excluding hydrogens is 252 g/mol. The van der Waals surface area contributed by atoms with Crippen LogP contribution in [0.4, 0.5) is 0 Å². The number of aromatic nitrogens is 2. The lowest BCUT2D eigenvalue weighted by Gasteiger charge is -2.10. The fourth-order valence-electron chi connectivity index (χ4n) is 2.22. The summed E-state index contributed by atoms with van der Waals surface area (Å²) in [7, 11) is 0. The van der Waals surface area contributed by atoms with Gasteiger partial charge in [0.1, 0.15) is 5.75 Å². The zero-order chi connectivity index (χ0) is 12.5. The lowest BCUT2D eigenvalue weighted by Crippen LogP contribution is -2.04. The van der Waals surface area contributed by atoms with E-state index in [2.05, 4.69) is 4.98 Å². The summed E-state index contributed by atoms with van der Waals surface area (Å²) in [6.07, 6.45) is 5.00. The number of fused-ring (bicyclic) bond motifs is 1. The Balaban J connectivity index is 2.00. The van der Waals surface area contributed by atoms with Gasteiger partial charge in [0.15, 0.2) is 12.1 Å². The second-order valence-corrected chi connectivity index (χ2v) is 4.62. The van der Waals surface area contributed by atoms with Gasteiger partial charge in [0.25, 0.3) is 0 Å². The molecule has 0 saturated carbocycles. The molecule has 0 bridgehead atoms. The highest BCUT2D eigenvalue weighted by Gasteiger charge is 2.18. The van der Waals surface area contributed by atoms with Crippen LogP contribution in [0.3, 0.4) is 0 Å². The predicted molar refractivity (Wildman–Crippen MR) is 67.4 cm³/mol. The van der Waals surface area contributed by atoms with Crippen molar-refractivity contribution < 1.29 is 9.53 Å². The fourth-order valence-corrected chi connectivity index (χ4v) is 2.48. The standard InChI is InChI=1S/C13H11ClN2O2/c14-11-5-9-1-4-18-13(9)10(6-11)7-16-3-2-15-12(16)8-17/h2-3,5-6,8H,1,4,7H2. The van der Waals surface area contributed by atoms with Crippen LogP contribution in [0, 0.1) is 0 Å². The molecule has 0 fully saturated rings. The first-order valence-corrected chi connectivity index (χ1v) is 6.06. The van der Waals surface area contributed by atoms with Crippen molar-refractivity contribution in [3.8, 4) is 5.75 Å². The van der Waals surface area contributed by atoms with Crippen LogP contribution in [-0.2, 0) is 13.0 Å². The molecule has 0 saturated heterocycles. The van der Waals surface area contributed by atoms with E-state index in [-0.39, 0.29) is 0 Å². The van der Waals surface area contributed by atoms with Crippen molar-refractivity contribution >= 4 is 17.9 Å². The first-order valence-electron chi connectivity index (χ1n) is 5.68. The topological polar surface area (TPSA) is 44.1 Å². The number of hydrogen-bond donors (Lipinski definition) is 0. The van der Waals surface area contributed by atoms with Gasteiger partial charge in [-0.05, 0) is 17.7 Å². The smallest absolute Gasteiger partial charge is 0.185 e. The van der Waals surface area contributed by atoms with Gasteiger partial charge in [-0.2, -0.15) is 0 Å². The zero-order valence-electron chi connectivity index (χ0n) is 9.60. The quantitative estimate of drug-likeness (QED) is 0.798. The normalized spacial score (nSPS) is 13.2. The van der Waals surface area contributed by atoms with Crippen LogP contribution >= 0.6 is 11.6 Å². The number of carbonyl (C=O) groups is 1. The Bertz CT molecular complexity index is 607. The number of hydrogen-bond acceptors (Lipinski definition) is 3. The minimum absolute atomic E-state index is 0.404. The van der Waals surface area contributed by atoms with Gasteiger partial charge in [0.2, 0.25) is 0 Å². The third-order valence-electron chi connectivity index (χ3n) is 3.02. The number of benzene rings is 1. The molecule has 18 heavy (non-hydrogen) atoms. The van der Waals surface area contributed by atoms with E-state index in [4.69, 9.17) is 16.3 Å². The molecular formula is C13H11ClN2O2. The van der Waals surface area contributed by atoms with Crippen LogP contribution in [-0.4, -0.2) is 22.4 Å². The predicted octanol–water partition coefficient (Wildman–Crippen LogP) is 2.33. The second kappa shape index (κ2) is 4.46. The van der Waals surface area contributed by atoms with Crippen molar-refractivity contribution in [2.24, 2.45) is 0 Å². The maximum atomic E-state index is 10.8. The van der Waals surface area contributed by atoms with Crippen molar-refractivity contribution in [3.63, 3.8) is 0 Å². The summed E-state index contributed by atoms with van der Waals surface area (Å²) < 4.78 is 7.40. The number of aldehydes is 1. The Morgan fingerprint density at radius 2 is 2.39 bits per heavy atom. The second-order valence-electron chi connectivity index (χ2n) is 4.18. The Morgan fingerprint density at radius 3 is 3.22 bits per heavy atom. The molecule has 2 heterocycles. The fraction of sp³-hybridized carbons (Fsp3) is 0.231. The van der Waals surface area contributed by atoms with Crippen LogP contribution < -0.4 is 4.74 Å². The Kier molecular flexibility index (Phi) is 2.80. The van der Waals surface area contributed by atoms with Crippen LogP contribution in [0.25, 0.3) is 0 Å². The lowest BCUT2D eigenvalue weighted by molar-refractivity contribution is 0.111. The molecule has 1 aliphatic rings. The van der Waals surface area contributed by atoms with E-state index in [9.17, 15) is 4.79 Å². The average Bonchev–Trinajstić information content (AvgIpc) is 2.96. The van der Waals surface area contributed by atoms with Gasteiger partial charge in [-0.1, -0.05) is 11.6 Å². The summed E-state index contributed by atoms with van der Waals surface area (Å²) in [6.45, 7) is 1.23. The van der Waals surface area contributed by atoms with Crippen molar-refractivity contribution in [3.05, 3.63) is 46.5 Å². The van der Waals surface area contributed by atoms with Gasteiger partial charge in [-0.25, -0.2) is 4.98 Å². The van der Waals surface area contributed by atoms with Crippen molar-refractivity contribution in [1.29, 1.82) is 0 Å². The molecule has 0 N–H and O–H groups in total. The number of halogens is 1. The number of nitrogens with zero attached hydrogens (tertiary/aromatic N) is 2. The number of imidazole rings is 1. The van der Waals surface area contributed by atoms with Crippen molar-refractivity contribution in [1.82, 2.24) is 9.55 Å². The van der Waals surface area contributed by atoms with Crippen molar-refractivity contribution in [2.45, 2.75) is 13.0 Å². The Hall–Kier alpha value is -1.81. The van der Waals surface area contributed by atoms with Gasteiger partial charge >= 0.3 is 0 Å². The highest BCUT2D eigenvalue weighted by molar-refractivity contribution is 6.30. The molecule has 1 aromatic carbocycles. The SMILES string of the molecule is O=Cc1nccn1Cc1cc(Cl)cc2c1OCC2. The summed E-state index contributed by atoms with van der Waals surface area (Å²) in [5, 5.41) is 0.696. The third-order valence-corrected chi connectivity index (χ3v) is 3.24. The molecule has 0 aliphatic carbocycles. The Labute approximate surface area is 109 Å². The van der Waals surface area contributed by atoms with Gasteiger partial charge in [0.05, 0.1) is 13.2 Å². The van der Waals surface area contributed by atoms with E-state index in [1.165, 1.54) is 0 Å². The number of rotatable bonds is 3. The molecule has 0 radical (unpaired) electrons. The summed E-state index contributed by atoms with van der Waals surface area (Å²) >= 11 is 6.09. The molecule has 2 aromatic rings. The number of ether oxygens (including phenoxy) is 1. The monoisotopic (exact) mass is 262 g/mol. The van der Waals surface area contributed by atoms with E-state index in [0.29, 0.717) is 24.0 Å². The molecule has 0 spiro atoms. The lowest BCUT2D eigenvalue weighted by atomic mass is 10.1. The first kappa shape index (κ1) is 11.3.